The summed E-state index contributed by atoms with van der Waals surface area (Å²) >= 11 is 0. The standard InChI is InChI=1S/C47H29N5/c48-30-31-13-11-16-33(27-31)40-28-34(32-14-3-1-4-15-32)29-41(50-40)38-19-7-9-22-42(38)52-46-36(37-21-12-26-49-47(37)52)24-25-44-45(46)39-20-8-10-23-43(39)51(44)35-17-5-2-6-18-35/h1-29H. The van der Waals surface area contributed by atoms with Gasteiger partial charge in [0.25, 0.3) is 0 Å². The number of hydrogen-bond donors (Lipinski definition) is 0. The second kappa shape index (κ2) is 11.9. The predicted octanol–water partition coefficient (Wildman–Crippen LogP) is 11.5. The summed E-state index contributed by atoms with van der Waals surface area (Å²) in [6.07, 6.45) is 1.87. The van der Waals surface area contributed by atoms with Crippen molar-refractivity contribution in [3.8, 4) is 51.1 Å². The number of para-hydroxylation sites is 3. The fourth-order valence-corrected chi connectivity index (χ4v) is 7.72. The Hall–Kier alpha value is -7.29. The zero-order valence-corrected chi connectivity index (χ0v) is 28.0. The number of benzene rings is 6. The average Bonchev–Trinajstić information content (AvgIpc) is 3.74. The van der Waals surface area contributed by atoms with E-state index in [0.717, 1.165) is 78.0 Å². The van der Waals surface area contributed by atoms with Crippen molar-refractivity contribution in [3.05, 3.63) is 182 Å². The van der Waals surface area contributed by atoms with Gasteiger partial charge in [0, 0.05) is 44.6 Å². The predicted molar refractivity (Wildman–Crippen MR) is 212 cm³/mol. The first-order valence-corrected chi connectivity index (χ1v) is 17.3. The van der Waals surface area contributed by atoms with Gasteiger partial charge in [-0.1, -0.05) is 103 Å². The minimum Gasteiger partial charge on any atom is -0.309 e. The molecule has 10 rings (SSSR count). The molecule has 0 amide bonds. The molecule has 5 nitrogen and oxygen atoms in total. The van der Waals surface area contributed by atoms with Crippen molar-refractivity contribution in [1.82, 2.24) is 19.1 Å². The third-order valence-electron chi connectivity index (χ3n) is 9.98. The SMILES string of the molecule is N#Cc1cccc(-c2cc(-c3ccccc3)cc(-c3ccccc3-n3c4ncccc4c4ccc5c(c6ccccc6n5-c5ccccc5)c43)n2)c1. The van der Waals surface area contributed by atoms with Gasteiger partial charge >= 0.3 is 0 Å². The molecule has 0 aliphatic heterocycles. The number of fused-ring (bicyclic) bond motifs is 7. The molecule has 0 saturated heterocycles. The van der Waals surface area contributed by atoms with E-state index in [0.29, 0.717) is 5.56 Å². The quantitative estimate of drug-likeness (QED) is 0.184. The van der Waals surface area contributed by atoms with E-state index in [1.54, 1.807) is 0 Å². The molecule has 5 heteroatoms. The maximum Gasteiger partial charge on any atom is 0.145 e. The Morgan fingerprint density at radius 1 is 0.500 bits per heavy atom. The van der Waals surface area contributed by atoms with E-state index < -0.39 is 0 Å². The highest BCUT2D eigenvalue weighted by Gasteiger charge is 2.23. The molecule has 0 radical (unpaired) electrons. The lowest BCUT2D eigenvalue weighted by molar-refractivity contribution is 1.14. The first-order valence-electron chi connectivity index (χ1n) is 17.3. The number of rotatable bonds is 5. The van der Waals surface area contributed by atoms with E-state index in [9.17, 15) is 5.26 Å². The molecule has 0 aliphatic rings. The van der Waals surface area contributed by atoms with Gasteiger partial charge < -0.3 is 4.57 Å². The number of pyridine rings is 2. The fraction of sp³-hybridized carbons (Fsp3) is 0. The Balaban J connectivity index is 1.31. The van der Waals surface area contributed by atoms with Crippen molar-refractivity contribution in [2.75, 3.05) is 0 Å². The second-order valence-corrected chi connectivity index (χ2v) is 13.0. The molecule has 10 aromatic rings. The lowest BCUT2D eigenvalue weighted by Gasteiger charge is -2.16. The molecule has 0 N–H and O–H groups in total. The first-order chi connectivity index (χ1) is 25.8. The molecule has 52 heavy (non-hydrogen) atoms. The van der Waals surface area contributed by atoms with Gasteiger partial charge in [-0.25, -0.2) is 9.97 Å². The highest BCUT2D eigenvalue weighted by atomic mass is 15.1. The van der Waals surface area contributed by atoms with Gasteiger partial charge in [0.05, 0.1) is 45.3 Å². The molecule has 0 unspecified atom stereocenters. The van der Waals surface area contributed by atoms with Crippen LogP contribution in [0.3, 0.4) is 0 Å². The summed E-state index contributed by atoms with van der Waals surface area (Å²) in [6, 6.07) is 61.0. The van der Waals surface area contributed by atoms with Crippen LogP contribution in [0.4, 0.5) is 0 Å². The van der Waals surface area contributed by atoms with Gasteiger partial charge in [0.1, 0.15) is 5.65 Å². The lowest BCUT2D eigenvalue weighted by atomic mass is 9.98. The van der Waals surface area contributed by atoms with Crippen molar-refractivity contribution < 1.29 is 0 Å². The second-order valence-electron chi connectivity index (χ2n) is 13.0. The Labute approximate surface area is 299 Å². The number of nitrogens with zero attached hydrogens (tertiary/aromatic N) is 5. The number of nitriles is 1. The van der Waals surface area contributed by atoms with E-state index in [-0.39, 0.29) is 0 Å². The molecule has 0 bridgehead atoms. The van der Waals surface area contributed by atoms with Crippen LogP contribution >= 0.6 is 0 Å². The monoisotopic (exact) mass is 663 g/mol. The molecule has 0 saturated carbocycles. The van der Waals surface area contributed by atoms with E-state index >= 15 is 0 Å². The minimum absolute atomic E-state index is 0.599. The summed E-state index contributed by atoms with van der Waals surface area (Å²) in [4.78, 5) is 10.4. The summed E-state index contributed by atoms with van der Waals surface area (Å²) < 4.78 is 4.69. The summed E-state index contributed by atoms with van der Waals surface area (Å²) in [5.74, 6) is 0. The van der Waals surface area contributed by atoms with Crippen LogP contribution in [0.5, 0.6) is 0 Å². The largest absolute Gasteiger partial charge is 0.309 e. The van der Waals surface area contributed by atoms with Gasteiger partial charge in [-0.05, 0) is 77.9 Å². The first kappa shape index (κ1) is 29.6. The van der Waals surface area contributed by atoms with Crippen LogP contribution in [0.1, 0.15) is 5.56 Å². The molecular weight excluding hydrogens is 635 g/mol. The summed E-state index contributed by atoms with van der Waals surface area (Å²) in [7, 11) is 0. The molecule has 0 fully saturated rings. The van der Waals surface area contributed by atoms with E-state index in [1.807, 2.05) is 42.6 Å². The van der Waals surface area contributed by atoms with Crippen LogP contribution in [0, 0.1) is 11.3 Å². The Kier molecular flexibility index (Phi) is 6.80. The summed E-state index contributed by atoms with van der Waals surface area (Å²) in [6.45, 7) is 0. The number of aromatic nitrogens is 4. The van der Waals surface area contributed by atoms with Crippen molar-refractivity contribution in [2.45, 2.75) is 0 Å². The normalized spacial score (nSPS) is 11.4. The fourth-order valence-electron chi connectivity index (χ4n) is 7.72. The maximum atomic E-state index is 9.72. The van der Waals surface area contributed by atoms with Crippen LogP contribution in [-0.4, -0.2) is 19.1 Å². The van der Waals surface area contributed by atoms with Crippen molar-refractivity contribution in [2.24, 2.45) is 0 Å². The Morgan fingerprint density at radius 3 is 2.10 bits per heavy atom. The van der Waals surface area contributed by atoms with Crippen LogP contribution in [0.2, 0.25) is 0 Å². The molecule has 0 spiro atoms. The minimum atomic E-state index is 0.599. The van der Waals surface area contributed by atoms with Crippen LogP contribution < -0.4 is 0 Å². The van der Waals surface area contributed by atoms with E-state index in [1.165, 1.54) is 10.8 Å². The molecule has 0 atom stereocenters. The van der Waals surface area contributed by atoms with Gasteiger partial charge in [-0.2, -0.15) is 5.26 Å². The molecule has 6 aromatic carbocycles. The van der Waals surface area contributed by atoms with Crippen molar-refractivity contribution in [3.63, 3.8) is 0 Å². The lowest BCUT2D eigenvalue weighted by Crippen LogP contribution is -2.00. The molecule has 0 aliphatic carbocycles. The zero-order chi connectivity index (χ0) is 34.6. The van der Waals surface area contributed by atoms with Crippen molar-refractivity contribution >= 4 is 43.7 Å². The van der Waals surface area contributed by atoms with Gasteiger partial charge in [-0.15, -0.1) is 0 Å². The van der Waals surface area contributed by atoms with E-state index in [4.69, 9.17) is 9.97 Å². The summed E-state index contributed by atoms with van der Waals surface area (Å²) in [5.41, 5.74) is 12.6. The van der Waals surface area contributed by atoms with Gasteiger partial charge in [0.15, 0.2) is 0 Å². The highest BCUT2D eigenvalue weighted by Crippen LogP contribution is 2.43. The van der Waals surface area contributed by atoms with Crippen LogP contribution in [0.25, 0.3) is 88.8 Å². The summed E-state index contributed by atoms with van der Waals surface area (Å²) in [5, 5.41) is 14.3. The molecule has 4 heterocycles. The van der Waals surface area contributed by atoms with Crippen LogP contribution in [-0.2, 0) is 0 Å². The average molecular weight is 664 g/mol. The smallest absolute Gasteiger partial charge is 0.145 e. The zero-order valence-electron chi connectivity index (χ0n) is 28.0. The molecule has 4 aromatic heterocycles. The van der Waals surface area contributed by atoms with E-state index in [2.05, 4.69) is 149 Å². The Bertz CT molecular complexity index is 3020. The molecule has 242 valence electrons. The highest BCUT2D eigenvalue weighted by molar-refractivity contribution is 6.26. The third kappa shape index (κ3) is 4.63. The topological polar surface area (TPSA) is 59.4 Å². The number of hydrogen-bond acceptors (Lipinski definition) is 3. The van der Waals surface area contributed by atoms with Crippen molar-refractivity contribution in [1.29, 1.82) is 5.26 Å². The Morgan fingerprint density at radius 2 is 1.23 bits per heavy atom. The maximum absolute atomic E-state index is 9.72. The van der Waals surface area contributed by atoms with Crippen LogP contribution in [0.15, 0.2) is 176 Å². The third-order valence-corrected chi connectivity index (χ3v) is 9.98. The van der Waals surface area contributed by atoms with Gasteiger partial charge in [0.2, 0.25) is 0 Å². The molecular formula is C47H29N5. The van der Waals surface area contributed by atoms with Gasteiger partial charge in [-0.3, -0.25) is 4.57 Å².